The highest BCUT2D eigenvalue weighted by Gasteiger charge is 2.21. The summed E-state index contributed by atoms with van der Waals surface area (Å²) in [5, 5.41) is 5.03. The molecule has 0 aliphatic heterocycles. The summed E-state index contributed by atoms with van der Waals surface area (Å²) in [5.41, 5.74) is 14.4. The lowest BCUT2D eigenvalue weighted by Gasteiger charge is -2.12. The molecule has 0 bridgehead atoms. The molecule has 0 N–H and O–H groups in total. The van der Waals surface area contributed by atoms with Gasteiger partial charge >= 0.3 is 0 Å². The summed E-state index contributed by atoms with van der Waals surface area (Å²) in [5.74, 6) is 0. The lowest BCUT2D eigenvalue weighted by Crippen LogP contribution is -1.96. The quantitative estimate of drug-likeness (QED) is 0.178. The maximum atomic E-state index is 2.46. The van der Waals surface area contributed by atoms with Crippen LogP contribution in [0, 0.1) is 0 Å². The highest BCUT2D eigenvalue weighted by molar-refractivity contribution is 6.26. The smallest absolute Gasteiger partial charge is 0.0641 e. The lowest BCUT2D eigenvalue weighted by atomic mass is 10.00. The Hall–Kier alpha value is -6.64. The van der Waals surface area contributed by atoms with Gasteiger partial charge in [0.25, 0.3) is 0 Å². The predicted octanol–water partition coefficient (Wildman–Crippen LogP) is 12.9. The molecule has 2 heterocycles. The van der Waals surface area contributed by atoms with Crippen LogP contribution in [0.1, 0.15) is 0 Å². The molecule has 10 rings (SSSR count). The van der Waals surface area contributed by atoms with E-state index in [9.17, 15) is 0 Å². The molecule has 234 valence electrons. The third-order valence-electron chi connectivity index (χ3n) is 10.1. The van der Waals surface area contributed by atoms with Gasteiger partial charge in [0.1, 0.15) is 0 Å². The fourth-order valence-electron chi connectivity index (χ4n) is 7.80. The minimum Gasteiger partial charge on any atom is -0.309 e. The van der Waals surface area contributed by atoms with Gasteiger partial charge in [-0.3, -0.25) is 0 Å². The predicted molar refractivity (Wildman–Crippen MR) is 211 cm³/mol. The van der Waals surface area contributed by atoms with E-state index >= 15 is 0 Å². The minimum atomic E-state index is 1.15. The topological polar surface area (TPSA) is 9.86 Å². The van der Waals surface area contributed by atoms with E-state index in [0.717, 1.165) is 11.4 Å². The van der Waals surface area contributed by atoms with Gasteiger partial charge < -0.3 is 9.13 Å². The van der Waals surface area contributed by atoms with Gasteiger partial charge in [-0.2, -0.15) is 0 Å². The monoisotopic (exact) mass is 636 g/mol. The third-order valence-corrected chi connectivity index (χ3v) is 10.1. The number of aromatic nitrogens is 2. The van der Waals surface area contributed by atoms with Crippen molar-refractivity contribution in [1.82, 2.24) is 9.13 Å². The summed E-state index contributed by atoms with van der Waals surface area (Å²) in [6, 6.07) is 70.3. The number of para-hydroxylation sites is 2. The third kappa shape index (κ3) is 4.50. The van der Waals surface area contributed by atoms with Crippen LogP contribution in [0.4, 0.5) is 0 Å². The van der Waals surface area contributed by atoms with Crippen LogP contribution in [0.3, 0.4) is 0 Å². The number of nitrogens with zero attached hydrogens (tertiary/aromatic N) is 2. The maximum absolute atomic E-state index is 2.46. The Morgan fingerprint density at radius 2 is 0.760 bits per heavy atom. The van der Waals surface area contributed by atoms with Crippen molar-refractivity contribution >= 4 is 43.6 Å². The Kier molecular flexibility index (Phi) is 6.53. The zero-order valence-electron chi connectivity index (χ0n) is 27.4. The molecule has 0 saturated carbocycles. The Bertz CT molecular complexity index is 2820. The van der Waals surface area contributed by atoms with Crippen LogP contribution in [-0.4, -0.2) is 9.13 Å². The molecule has 2 aromatic heterocycles. The van der Waals surface area contributed by atoms with E-state index in [0.29, 0.717) is 0 Å². The van der Waals surface area contributed by atoms with Gasteiger partial charge in [0.2, 0.25) is 0 Å². The standard InChI is InChI=1S/C48H32N2/c1-3-12-33(13-4-1)35-22-24-37(25-23-35)38-16-11-17-40(32-38)49-45-21-10-8-19-43(45)47-46(49)31-30-42-41-18-7-9-20-44(41)50(48(42)47)39-28-26-36(27-29-39)34-14-5-2-6-15-34/h1-32H. The van der Waals surface area contributed by atoms with E-state index in [2.05, 4.69) is 203 Å². The molecule has 0 unspecified atom stereocenters. The summed E-state index contributed by atoms with van der Waals surface area (Å²) < 4.78 is 4.90. The van der Waals surface area contributed by atoms with Crippen molar-refractivity contribution in [3.8, 4) is 44.8 Å². The Morgan fingerprint density at radius 3 is 1.42 bits per heavy atom. The van der Waals surface area contributed by atoms with Gasteiger partial charge in [-0.1, -0.05) is 152 Å². The molecule has 0 aliphatic carbocycles. The van der Waals surface area contributed by atoms with E-state index < -0.39 is 0 Å². The molecule has 2 nitrogen and oxygen atoms in total. The molecule has 50 heavy (non-hydrogen) atoms. The first kappa shape index (κ1) is 28.4. The van der Waals surface area contributed by atoms with Gasteiger partial charge in [-0.25, -0.2) is 0 Å². The molecule has 10 aromatic rings. The highest BCUT2D eigenvalue weighted by Crippen LogP contribution is 2.42. The van der Waals surface area contributed by atoms with Crippen molar-refractivity contribution < 1.29 is 0 Å². The maximum Gasteiger partial charge on any atom is 0.0641 e. The normalized spacial score (nSPS) is 11.6. The van der Waals surface area contributed by atoms with Crippen LogP contribution in [-0.2, 0) is 0 Å². The first-order valence-corrected chi connectivity index (χ1v) is 17.2. The summed E-state index contributed by atoms with van der Waals surface area (Å²) in [4.78, 5) is 0. The molecule has 0 fully saturated rings. The van der Waals surface area contributed by atoms with Gasteiger partial charge in [-0.15, -0.1) is 0 Å². The second kappa shape index (κ2) is 11.5. The molecule has 0 amide bonds. The van der Waals surface area contributed by atoms with Crippen molar-refractivity contribution in [3.05, 3.63) is 194 Å². The first-order chi connectivity index (χ1) is 24.8. The summed E-state index contributed by atoms with van der Waals surface area (Å²) in [6.07, 6.45) is 0. The summed E-state index contributed by atoms with van der Waals surface area (Å²) in [7, 11) is 0. The van der Waals surface area contributed by atoms with Gasteiger partial charge in [0.15, 0.2) is 0 Å². The Morgan fingerprint density at radius 1 is 0.260 bits per heavy atom. The van der Waals surface area contributed by atoms with Gasteiger partial charge in [0, 0.05) is 32.9 Å². The zero-order valence-corrected chi connectivity index (χ0v) is 27.4. The van der Waals surface area contributed by atoms with Crippen molar-refractivity contribution in [3.63, 3.8) is 0 Å². The Labute approximate surface area is 290 Å². The van der Waals surface area contributed by atoms with Crippen LogP contribution in [0.15, 0.2) is 194 Å². The lowest BCUT2D eigenvalue weighted by molar-refractivity contribution is 1.17. The molecule has 0 radical (unpaired) electrons. The molecule has 0 aliphatic rings. The number of hydrogen-bond donors (Lipinski definition) is 0. The van der Waals surface area contributed by atoms with E-state index in [1.807, 2.05) is 0 Å². The summed E-state index contributed by atoms with van der Waals surface area (Å²) >= 11 is 0. The van der Waals surface area contributed by atoms with Crippen LogP contribution in [0.2, 0.25) is 0 Å². The molecular formula is C48H32N2. The fraction of sp³-hybridized carbons (Fsp3) is 0. The van der Waals surface area contributed by atoms with E-state index in [-0.39, 0.29) is 0 Å². The van der Waals surface area contributed by atoms with Crippen LogP contribution in [0.5, 0.6) is 0 Å². The highest BCUT2D eigenvalue weighted by atomic mass is 15.0. The average Bonchev–Trinajstić information content (AvgIpc) is 3.72. The SMILES string of the molecule is c1ccc(-c2ccc(-c3cccc(-n4c5ccccc5c5c4ccc4c6ccccc6n(-c6ccc(-c7ccccc7)cc6)c45)c3)cc2)cc1. The van der Waals surface area contributed by atoms with Gasteiger partial charge in [-0.05, 0) is 75.8 Å². The Balaban J connectivity index is 1.18. The summed E-state index contributed by atoms with van der Waals surface area (Å²) in [6.45, 7) is 0. The number of hydrogen-bond acceptors (Lipinski definition) is 0. The number of fused-ring (bicyclic) bond motifs is 7. The zero-order chi connectivity index (χ0) is 33.0. The molecule has 0 atom stereocenters. The minimum absolute atomic E-state index is 1.15. The van der Waals surface area contributed by atoms with Crippen LogP contribution < -0.4 is 0 Å². The molecule has 8 aromatic carbocycles. The molecule has 0 saturated heterocycles. The average molecular weight is 637 g/mol. The number of benzene rings is 8. The van der Waals surface area contributed by atoms with E-state index in [1.165, 1.54) is 77.0 Å². The van der Waals surface area contributed by atoms with Crippen molar-refractivity contribution in [2.75, 3.05) is 0 Å². The van der Waals surface area contributed by atoms with Gasteiger partial charge in [0.05, 0.1) is 22.1 Å². The fourth-order valence-corrected chi connectivity index (χ4v) is 7.80. The number of rotatable bonds is 5. The molecular weight excluding hydrogens is 605 g/mol. The van der Waals surface area contributed by atoms with E-state index in [1.54, 1.807) is 0 Å². The molecule has 0 spiro atoms. The largest absolute Gasteiger partial charge is 0.309 e. The van der Waals surface area contributed by atoms with Crippen molar-refractivity contribution in [2.45, 2.75) is 0 Å². The van der Waals surface area contributed by atoms with Crippen LogP contribution >= 0.6 is 0 Å². The van der Waals surface area contributed by atoms with Crippen molar-refractivity contribution in [2.24, 2.45) is 0 Å². The van der Waals surface area contributed by atoms with Crippen LogP contribution in [0.25, 0.3) is 88.4 Å². The molecule has 2 heteroatoms. The van der Waals surface area contributed by atoms with E-state index in [4.69, 9.17) is 0 Å². The first-order valence-electron chi connectivity index (χ1n) is 17.2. The second-order valence-corrected chi connectivity index (χ2v) is 13.0. The van der Waals surface area contributed by atoms with Crippen molar-refractivity contribution in [1.29, 1.82) is 0 Å². The second-order valence-electron chi connectivity index (χ2n) is 13.0.